The van der Waals surface area contributed by atoms with Crippen molar-refractivity contribution in [2.75, 3.05) is 19.3 Å². The van der Waals surface area contributed by atoms with Crippen molar-refractivity contribution in [3.63, 3.8) is 0 Å². The molecule has 0 amide bonds. The molecule has 1 fully saturated rings. The van der Waals surface area contributed by atoms with Gasteiger partial charge in [0.1, 0.15) is 0 Å². The van der Waals surface area contributed by atoms with Crippen LogP contribution in [0.25, 0.3) is 11.4 Å². The van der Waals surface area contributed by atoms with E-state index in [2.05, 4.69) is 15.1 Å². The Morgan fingerprint density at radius 2 is 2.29 bits per heavy atom. The first-order valence-corrected chi connectivity index (χ1v) is 8.58. The molecule has 2 aromatic rings. The van der Waals surface area contributed by atoms with Crippen molar-refractivity contribution >= 4 is 10.0 Å². The number of nitrogens with zero attached hydrogens (tertiary/aromatic N) is 4. The van der Waals surface area contributed by atoms with Crippen LogP contribution in [0, 0.1) is 0 Å². The number of hydrogen-bond donors (Lipinski definition) is 0. The second-order valence-electron chi connectivity index (χ2n) is 5.16. The van der Waals surface area contributed by atoms with Crippen LogP contribution in [0.15, 0.2) is 29.0 Å². The first-order chi connectivity index (χ1) is 10.0. The van der Waals surface area contributed by atoms with E-state index >= 15 is 0 Å². The Morgan fingerprint density at radius 3 is 3.00 bits per heavy atom. The monoisotopic (exact) mass is 308 g/mol. The summed E-state index contributed by atoms with van der Waals surface area (Å²) in [5, 5.41) is 3.95. The molecule has 2 aromatic heterocycles. The first-order valence-electron chi connectivity index (χ1n) is 6.73. The quantitative estimate of drug-likeness (QED) is 0.848. The molecule has 1 aliphatic rings. The van der Waals surface area contributed by atoms with Gasteiger partial charge in [0, 0.05) is 31.0 Å². The highest BCUT2D eigenvalue weighted by Crippen LogP contribution is 2.28. The third kappa shape index (κ3) is 3.11. The van der Waals surface area contributed by atoms with E-state index in [1.807, 2.05) is 6.07 Å². The lowest BCUT2D eigenvalue weighted by molar-refractivity contribution is 0.266. The molecule has 0 bridgehead atoms. The second-order valence-corrected chi connectivity index (χ2v) is 7.14. The Bertz CT molecular complexity index is 714. The van der Waals surface area contributed by atoms with Gasteiger partial charge < -0.3 is 4.52 Å². The molecule has 3 heterocycles. The van der Waals surface area contributed by atoms with Gasteiger partial charge in [-0.25, -0.2) is 12.7 Å². The van der Waals surface area contributed by atoms with E-state index in [0.717, 1.165) is 18.4 Å². The van der Waals surface area contributed by atoms with E-state index in [1.165, 1.54) is 10.6 Å². The molecule has 0 N–H and O–H groups in total. The lowest BCUT2D eigenvalue weighted by atomic mass is 10.00. The zero-order chi connectivity index (χ0) is 14.9. The summed E-state index contributed by atoms with van der Waals surface area (Å²) >= 11 is 0. The number of hydrogen-bond acceptors (Lipinski definition) is 6. The van der Waals surface area contributed by atoms with Gasteiger partial charge in [-0.15, -0.1) is 0 Å². The van der Waals surface area contributed by atoms with Crippen LogP contribution >= 0.6 is 0 Å². The number of rotatable bonds is 3. The molecular weight excluding hydrogens is 292 g/mol. The van der Waals surface area contributed by atoms with Crippen molar-refractivity contribution in [2.24, 2.45) is 0 Å². The van der Waals surface area contributed by atoms with Crippen molar-refractivity contribution in [1.29, 1.82) is 0 Å². The van der Waals surface area contributed by atoms with E-state index in [1.54, 1.807) is 18.5 Å². The number of pyridine rings is 1. The molecule has 0 unspecified atom stereocenters. The molecule has 112 valence electrons. The minimum Gasteiger partial charge on any atom is -0.339 e. The van der Waals surface area contributed by atoms with Crippen LogP contribution in [0.4, 0.5) is 0 Å². The second kappa shape index (κ2) is 5.53. The molecule has 1 atom stereocenters. The Balaban J connectivity index is 1.80. The molecule has 0 saturated carbocycles. The summed E-state index contributed by atoms with van der Waals surface area (Å²) in [6, 6.07) is 3.66. The lowest BCUT2D eigenvalue weighted by Crippen LogP contribution is -2.38. The fourth-order valence-electron chi connectivity index (χ4n) is 2.46. The maximum atomic E-state index is 11.6. The predicted molar refractivity (Wildman–Crippen MR) is 75.9 cm³/mol. The molecule has 0 spiro atoms. The molecule has 21 heavy (non-hydrogen) atoms. The van der Waals surface area contributed by atoms with Crippen molar-refractivity contribution in [1.82, 2.24) is 19.4 Å². The van der Waals surface area contributed by atoms with Crippen LogP contribution < -0.4 is 0 Å². The van der Waals surface area contributed by atoms with Crippen molar-refractivity contribution in [2.45, 2.75) is 18.8 Å². The third-order valence-electron chi connectivity index (χ3n) is 3.56. The molecule has 3 rings (SSSR count). The van der Waals surface area contributed by atoms with Gasteiger partial charge in [-0.1, -0.05) is 5.16 Å². The van der Waals surface area contributed by atoms with Crippen LogP contribution in [-0.4, -0.2) is 47.2 Å². The molecule has 0 radical (unpaired) electrons. The van der Waals surface area contributed by atoms with Crippen LogP contribution in [0.3, 0.4) is 0 Å². The smallest absolute Gasteiger partial charge is 0.231 e. The molecule has 0 aromatic carbocycles. The Kier molecular flexibility index (Phi) is 3.73. The van der Waals surface area contributed by atoms with Gasteiger partial charge in [0.25, 0.3) is 0 Å². The zero-order valence-electron chi connectivity index (χ0n) is 11.6. The highest BCUT2D eigenvalue weighted by molar-refractivity contribution is 7.88. The maximum Gasteiger partial charge on any atom is 0.231 e. The Morgan fingerprint density at radius 1 is 1.43 bits per heavy atom. The minimum absolute atomic E-state index is 0.0496. The molecule has 0 aliphatic carbocycles. The van der Waals surface area contributed by atoms with Gasteiger partial charge in [-0.3, -0.25) is 4.98 Å². The molecule has 1 saturated heterocycles. The largest absolute Gasteiger partial charge is 0.339 e. The average molecular weight is 308 g/mol. The summed E-state index contributed by atoms with van der Waals surface area (Å²) in [6.45, 7) is 0.951. The van der Waals surface area contributed by atoms with Crippen LogP contribution in [0.1, 0.15) is 24.7 Å². The highest BCUT2D eigenvalue weighted by Gasteiger charge is 2.30. The third-order valence-corrected chi connectivity index (χ3v) is 4.83. The number of sulfonamides is 1. The van der Waals surface area contributed by atoms with Gasteiger partial charge in [-0.05, 0) is 25.0 Å². The maximum absolute atomic E-state index is 11.6. The summed E-state index contributed by atoms with van der Waals surface area (Å²) in [7, 11) is -3.18. The summed E-state index contributed by atoms with van der Waals surface area (Å²) in [6.07, 6.45) is 6.21. The van der Waals surface area contributed by atoms with E-state index in [-0.39, 0.29) is 5.92 Å². The minimum atomic E-state index is -3.18. The highest BCUT2D eigenvalue weighted by atomic mass is 32.2. The van der Waals surface area contributed by atoms with Gasteiger partial charge in [0.05, 0.1) is 12.2 Å². The van der Waals surface area contributed by atoms with Gasteiger partial charge in [-0.2, -0.15) is 4.98 Å². The van der Waals surface area contributed by atoms with E-state index in [4.69, 9.17) is 4.52 Å². The summed E-state index contributed by atoms with van der Waals surface area (Å²) in [4.78, 5) is 8.40. The predicted octanol–water partition coefficient (Wildman–Crippen LogP) is 1.27. The van der Waals surface area contributed by atoms with Crippen molar-refractivity contribution < 1.29 is 12.9 Å². The molecule has 1 aliphatic heterocycles. The molecular formula is C13H16N4O3S. The molecule has 7 nitrogen and oxygen atoms in total. The van der Waals surface area contributed by atoms with Gasteiger partial charge in [0.15, 0.2) is 0 Å². The topological polar surface area (TPSA) is 89.2 Å². The standard InChI is InChI=1S/C13H16N4O3S/c1-21(18,19)17-7-3-5-11(9-17)13-15-12(16-20-13)10-4-2-6-14-8-10/h2,4,6,8,11H,3,5,7,9H2,1H3/t11-/m0/s1. The summed E-state index contributed by atoms with van der Waals surface area (Å²) < 4.78 is 30.1. The number of aromatic nitrogens is 3. The van der Waals surface area contributed by atoms with Gasteiger partial charge >= 0.3 is 0 Å². The normalized spacial score (nSPS) is 20.5. The van der Waals surface area contributed by atoms with E-state index in [0.29, 0.717) is 24.8 Å². The average Bonchev–Trinajstić information content (AvgIpc) is 2.97. The van der Waals surface area contributed by atoms with Crippen molar-refractivity contribution in [3.05, 3.63) is 30.4 Å². The SMILES string of the molecule is CS(=O)(=O)N1CCC[C@H](c2nc(-c3cccnc3)no2)C1. The van der Waals surface area contributed by atoms with E-state index in [9.17, 15) is 8.42 Å². The number of piperidine rings is 1. The summed E-state index contributed by atoms with van der Waals surface area (Å²) in [5.74, 6) is 0.920. The zero-order valence-corrected chi connectivity index (χ0v) is 12.5. The summed E-state index contributed by atoms with van der Waals surface area (Å²) in [5.41, 5.74) is 0.781. The van der Waals surface area contributed by atoms with E-state index < -0.39 is 10.0 Å². The van der Waals surface area contributed by atoms with Gasteiger partial charge in [0.2, 0.25) is 21.7 Å². The van der Waals surface area contributed by atoms with Crippen molar-refractivity contribution in [3.8, 4) is 11.4 Å². The Labute approximate surface area is 123 Å². The first kappa shape index (κ1) is 14.2. The fourth-order valence-corrected chi connectivity index (χ4v) is 3.37. The lowest BCUT2D eigenvalue weighted by Gasteiger charge is -2.28. The van der Waals surface area contributed by atoms with Crippen LogP contribution in [0.2, 0.25) is 0 Å². The fraction of sp³-hybridized carbons (Fsp3) is 0.462. The Hall–Kier alpha value is -1.80. The van der Waals surface area contributed by atoms with Crippen LogP contribution in [0.5, 0.6) is 0 Å². The molecule has 8 heteroatoms. The van der Waals surface area contributed by atoms with Crippen LogP contribution in [-0.2, 0) is 10.0 Å².